The highest BCUT2D eigenvalue weighted by atomic mass is 32.1. The number of aromatic nitrogens is 4. The van der Waals surface area contributed by atoms with Crippen LogP contribution in [0.15, 0.2) is 42.6 Å². The van der Waals surface area contributed by atoms with Gasteiger partial charge in [-0.25, -0.2) is 4.98 Å². The standard InChI is InChI=1S/C23H27N5O2S/c1-16-7-5-10-18(13-16)22-26-27-23(31)28(22)14-20(29)25-21-19(11-6-12-24-21)30-15-17-8-3-2-4-9-17/h5-7,10-13,17H,2-4,8-9,14-15H2,1H3,(H,27,31)(H,24,25,29). The van der Waals surface area contributed by atoms with Crippen LogP contribution in [0.2, 0.25) is 0 Å². The Balaban J connectivity index is 1.45. The normalized spacial score (nSPS) is 14.4. The maximum Gasteiger partial charge on any atom is 0.245 e. The molecule has 1 aliphatic rings. The zero-order chi connectivity index (χ0) is 21.6. The third kappa shape index (κ3) is 5.38. The van der Waals surface area contributed by atoms with Crippen molar-refractivity contribution in [2.24, 2.45) is 5.92 Å². The molecule has 1 aliphatic carbocycles. The minimum atomic E-state index is -0.243. The van der Waals surface area contributed by atoms with Crippen LogP contribution in [0.4, 0.5) is 5.82 Å². The predicted octanol–water partition coefficient (Wildman–Crippen LogP) is 4.91. The molecule has 4 rings (SSSR count). The van der Waals surface area contributed by atoms with E-state index in [2.05, 4.69) is 20.5 Å². The molecule has 0 unspecified atom stereocenters. The summed E-state index contributed by atoms with van der Waals surface area (Å²) in [6.07, 6.45) is 7.87. The molecule has 1 aromatic carbocycles. The summed E-state index contributed by atoms with van der Waals surface area (Å²) >= 11 is 5.35. The predicted molar refractivity (Wildman–Crippen MR) is 123 cm³/mol. The number of hydrogen-bond donors (Lipinski definition) is 2. The number of aryl methyl sites for hydroxylation is 1. The number of H-pyrrole nitrogens is 1. The zero-order valence-electron chi connectivity index (χ0n) is 17.6. The summed E-state index contributed by atoms with van der Waals surface area (Å²) in [6.45, 7) is 2.69. The van der Waals surface area contributed by atoms with Crippen LogP contribution in [-0.2, 0) is 11.3 Å². The number of pyridine rings is 1. The Morgan fingerprint density at radius 1 is 1.26 bits per heavy atom. The van der Waals surface area contributed by atoms with Gasteiger partial charge < -0.3 is 10.1 Å². The summed E-state index contributed by atoms with van der Waals surface area (Å²) < 4.78 is 8.10. The van der Waals surface area contributed by atoms with Crippen molar-refractivity contribution in [3.05, 3.63) is 52.9 Å². The monoisotopic (exact) mass is 437 g/mol. The van der Waals surface area contributed by atoms with Gasteiger partial charge >= 0.3 is 0 Å². The minimum absolute atomic E-state index is 0.0250. The van der Waals surface area contributed by atoms with E-state index in [1.54, 1.807) is 10.8 Å². The summed E-state index contributed by atoms with van der Waals surface area (Å²) in [5, 5.41) is 9.97. The smallest absolute Gasteiger partial charge is 0.245 e. The largest absolute Gasteiger partial charge is 0.489 e. The number of aromatic amines is 1. The molecular weight excluding hydrogens is 410 g/mol. The number of benzene rings is 1. The quantitative estimate of drug-likeness (QED) is 0.513. The van der Waals surface area contributed by atoms with Gasteiger partial charge in [0, 0.05) is 11.8 Å². The van der Waals surface area contributed by atoms with Crippen LogP contribution in [0.5, 0.6) is 5.75 Å². The second-order valence-corrected chi connectivity index (χ2v) is 8.41. The number of nitrogens with zero attached hydrogens (tertiary/aromatic N) is 3. The fourth-order valence-electron chi connectivity index (χ4n) is 3.95. The lowest BCUT2D eigenvalue weighted by atomic mass is 9.90. The van der Waals surface area contributed by atoms with Crippen LogP contribution in [-0.4, -0.2) is 32.3 Å². The SMILES string of the molecule is Cc1cccc(-c2n[nH]c(=S)n2CC(=O)Nc2ncccc2OCC2CCCCC2)c1. The molecule has 0 saturated heterocycles. The molecule has 0 spiro atoms. The van der Waals surface area contributed by atoms with E-state index in [1.165, 1.54) is 32.1 Å². The molecule has 0 bridgehead atoms. The molecule has 31 heavy (non-hydrogen) atoms. The Morgan fingerprint density at radius 3 is 2.90 bits per heavy atom. The van der Waals surface area contributed by atoms with Crippen molar-refractivity contribution in [3.8, 4) is 17.1 Å². The van der Waals surface area contributed by atoms with Crippen molar-refractivity contribution in [2.75, 3.05) is 11.9 Å². The summed E-state index contributed by atoms with van der Waals surface area (Å²) in [5.74, 6) is 1.97. The van der Waals surface area contributed by atoms with E-state index in [0.29, 0.717) is 34.7 Å². The molecule has 3 aromatic rings. The van der Waals surface area contributed by atoms with Crippen molar-refractivity contribution in [1.29, 1.82) is 0 Å². The maximum atomic E-state index is 12.8. The summed E-state index contributed by atoms with van der Waals surface area (Å²) in [5.41, 5.74) is 2.00. The molecule has 1 fully saturated rings. The molecule has 2 heterocycles. The molecule has 0 radical (unpaired) electrons. The molecule has 7 nitrogen and oxygen atoms in total. The second kappa shape index (κ2) is 9.87. The molecule has 1 saturated carbocycles. The molecule has 2 N–H and O–H groups in total. The molecule has 0 atom stereocenters. The Labute approximate surface area is 186 Å². The number of hydrogen-bond acceptors (Lipinski definition) is 5. The van der Waals surface area contributed by atoms with Gasteiger partial charge in [-0.2, -0.15) is 5.10 Å². The molecule has 8 heteroatoms. The molecule has 2 aromatic heterocycles. The first kappa shape index (κ1) is 21.2. The number of carbonyl (C=O) groups is 1. The van der Waals surface area contributed by atoms with Crippen molar-refractivity contribution >= 4 is 23.9 Å². The lowest BCUT2D eigenvalue weighted by molar-refractivity contribution is -0.116. The van der Waals surface area contributed by atoms with E-state index < -0.39 is 0 Å². The van der Waals surface area contributed by atoms with E-state index in [0.717, 1.165) is 11.1 Å². The van der Waals surface area contributed by atoms with Crippen LogP contribution in [0.25, 0.3) is 11.4 Å². The average Bonchev–Trinajstić information content (AvgIpc) is 3.14. The van der Waals surface area contributed by atoms with E-state index in [1.807, 2.05) is 43.3 Å². The van der Waals surface area contributed by atoms with Gasteiger partial charge in [-0.3, -0.25) is 14.5 Å². The Kier molecular flexibility index (Phi) is 6.76. The summed E-state index contributed by atoms with van der Waals surface area (Å²) in [6, 6.07) is 11.6. The topological polar surface area (TPSA) is 84.8 Å². The first-order valence-electron chi connectivity index (χ1n) is 10.7. The van der Waals surface area contributed by atoms with Crippen molar-refractivity contribution in [1.82, 2.24) is 19.7 Å². The van der Waals surface area contributed by atoms with Crippen LogP contribution >= 0.6 is 12.2 Å². The maximum absolute atomic E-state index is 12.8. The Hall–Kier alpha value is -3.00. The highest BCUT2D eigenvalue weighted by Crippen LogP contribution is 2.27. The van der Waals surface area contributed by atoms with E-state index in [4.69, 9.17) is 17.0 Å². The van der Waals surface area contributed by atoms with Gasteiger partial charge in [0.15, 0.2) is 22.2 Å². The highest BCUT2D eigenvalue weighted by molar-refractivity contribution is 7.71. The van der Waals surface area contributed by atoms with Gasteiger partial charge in [0.05, 0.1) is 6.61 Å². The van der Waals surface area contributed by atoms with Gasteiger partial charge in [-0.1, -0.05) is 43.0 Å². The van der Waals surface area contributed by atoms with Crippen molar-refractivity contribution in [2.45, 2.75) is 45.6 Å². The number of nitrogens with one attached hydrogen (secondary N) is 2. The Bertz CT molecular complexity index is 1100. The van der Waals surface area contributed by atoms with E-state index in [-0.39, 0.29) is 12.5 Å². The summed E-state index contributed by atoms with van der Waals surface area (Å²) in [4.78, 5) is 17.1. The van der Waals surface area contributed by atoms with Gasteiger partial charge in [0.25, 0.3) is 0 Å². The van der Waals surface area contributed by atoms with Gasteiger partial charge in [0.1, 0.15) is 6.54 Å². The minimum Gasteiger partial charge on any atom is -0.489 e. The average molecular weight is 438 g/mol. The van der Waals surface area contributed by atoms with Gasteiger partial charge in [-0.05, 0) is 56.1 Å². The van der Waals surface area contributed by atoms with Crippen LogP contribution in [0, 0.1) is 17.6 Å². The first-order valence-corrected chi connectivity index (χ1v) is 11.1. The van der Waals surface area contributed by atoms with Crippen molar-refractivity contribution < 1.29 is 9.53 Å². The third-order valence-electron chi connectivity index (χ3n) is 5.56. The number of carbonyl (C=O) groups excluding carboxylic acids is 1. The number of amides is 1. The van der Waals surface area contributed by atoms with Crippen LogP contribution < -0.4 is 10.1 Å². The second-order valence-electron chi connectivity index (χ2n) is 8.02. The van der Waals surface area contributed by atoms with E-state index in [9.17, 15) is 4.79 Å². The molecule has 1 amide bonds. The van der Waals surface area contributed by atoms with Gasteiger partial charge in [-0.15, -0.1) is 0 Å². The molecule has 162 valence electrons. The van der Waals surface area contributed by atoms with E-state index >= 15 is 0 Å². The Morgan fingerprint density at radius 2 is 2.10 bits per heavy atom. The fraction of sp³-hybridized carbons (Fsp3) is 0.391. The van der Waals surface area contributed by atoms with Crippen molar-refractivity contribution in [3.63, 3.8) is 0 Å². The first-order chi connectivity index (χ1) is 15.1. The zero-order valence-corrected chi connectivity index (χ0v) is 18.5. The number of ether oxygens (including phenoxy) is 1. The lowest BCUT2D eigenvalue weighted by Crippen LogP contribution is -2.21. The molecule has 0 aliphatic heterocycles. The number of rotatable bonds is 7. The summed E-state index contributed by atoms with van der Waals surface area (Å²) in [7, 11) is 0. The highest BCUT2D eigenvalue weighted by Gasteiger charge is 2.17. The molecular formula is C23H27N5O2S. The fourth-order valence-corrected chi connectivity index (χ4v) is 4.14. The van der Waals surface area contributed by atoms with Crippen LogP contribution in [0.3, 0.4) is 0 Å². The third-order valence-corrected chi connectivity index (χ3v) is 5.88. The van der Waals surface area contributed by atoms with Gasteiger partial charge in [0.2, 0.25) is 5.91 Å². The number of anilines is 1. The van der Waals surface area contributed by atoms with Crippen LogP contribution in [0.1, 0.15) is 37.7 Å². The lowest BCUT2D eigenvalue weighted by Gasteiger charge is -2.22.